The number of hydrogen-bond acceptors (Lipinski definition) is 2. The molecular weight excluding hydrogens is 317 g/mol. The van der Waals surface area contributed by atoms with Gasteiger partial charge >= 0.3 is 0 Å². The first-order valence-corrected chi connectivity index (χ1v) is 8.90. The van der Waals surface area contributed by atoms with Gasteiger partial charge in [-0.3, -0.25) is 4.79 Å². The molecule has 134 valence electrons. The van der Waals surface area contributed by atoms with Crippen LogP contribution in [0.15, 0.2) is 46.9 Å². The lowest BCUT2D eigenvalue weighted by molar-refractivity contribution is -0.116. The molecule has 0 saturated heterocycles. The normalized spacial score (nSPS) is 12.4. The molecule has 0 bridgehead atoms. The van der Waals surface area contributed by atoms with Crippen molar-refractivity contribution in [3.05, 3.63) is 54.1 Å². The Kier molecular flexibility index (Phi) is 7.45. The van der Waals surface area contributed by atoms with Gasteiger partial charge in [-0.25, -0.2) is 4.39 Å². The molecule has 0 saturated carbocycles. The third kappa shape index (κ3) is 6.57. The molecule has 4 heteroatoms. The summed E-state index contributed by atoms with van der Waals surface area (Å²) in [6, 6.07) is 9.70. The second kappa shape index (κ2) is 9.82. The van der Waals surface area contributed by atoms with E-state index in [2.05, 4.69) is 19.2 Å². The number of nitrogens with one attached hydrogen (secondary N) is 1. The molecule has 1 unspecified atom stereocenters. The van der Waals surface area contributed by atoms with Crippen LogP contribution >= 0.6 is 0 Å². The van der Waals surface area contributed by atoms with Crippen molar-refractivity contribution < 1.29 is 13.6 Å². The minimum Gasteiger partial charge on any atom is -0.457 e. The molecule has 1 amide bonds. The first kappa shape index (κ1) is 19.0. The number of benzene rings is 1. The summed E-state index contributed by atoms with van der Waals surface area (Å²) in [6.07, 6.45) is 7.92. The predicted octanol–water partition coefficient (Wildman–Crippen LogP) is 5.43. The maximum Gasteiger partial charge on any atom is 0.244 e. The van der Waals surface area contributed by atoms with E-state index in [9.17, 15) is 9.18 Å². The fourth-order valence-corrected chi connectivity index (χ4v) is 2.55. The number of unbranched alkanes of at least 4 members (excludes halogenated alkanes) is 2. The lowest BCUT2D eigenvalue weighted by Crippen LogP contribution is -2.26. The summed E-state index contributed by atoms with van der Waals surface area (Å²) in [5.74, 6) is 1.31. The average Bonchev–Trinajstić information content (AvgIpc) is 3.08. The Morgan fingerprint density at radius 2 is 1.96 bits per heavy atom. The molecular formula is C21H26FNO2. The molecule has 0 radical (unpaired) electrons. The van der Waals surface area contributed by atoms with E-state index in [1.807, 2.05) is 0 Å². The number of rotatable bonds is 9. The highest BCUT2D eigenvalue weighted by molar-refractivity contribution is 5.91. The molecule has 0 spiro atoms. The van der Waals surface area contributed by atoms with E-state index in [4.69, 9.17) is 4.42 Å². The van der Waals surface area contributed by atoms with Crippen molar-refractivity contribution in [1.29, 1.82) is 0 Å². The van der Waals surface area contributed by atoms with E-state index < -0.39 is 0 Å². The molecule has 3 nitrogen and oxygen atoms in total. The SMILES string of the molecule is CCCCCC(C)CNC(=O)/C=C/c1ccc(-c2ccc(F)cc2)o1. The van der Waals surface area contributed by atoms with Gasteiger partial charge in [-0.15, -0.1) is 0 Å². The van der Waals surface area contributed by atoms with E-state index in [0.29, 0.717) is 24.0 Å². The van der Waals surface area contributed by atoms with Gasteiger partial charge in [0.15, 0.2) is 0 Å². The Hall–Kier alpha value is -2.36. The third-order valence-electron chi connectivity index (χ3n) is 4.08. The molecule has 2 rings (SSSR count). The topological polar surface area (TPSA) is 42.2 Å². The van der Waals surface area contributed by atoms with Gasteiger partial charge in [0.05, 0.1) is 0 Å². The van der Waals surface area contributed by atoms with Crippen molar-refractivity contribution in [2.75, 3.05) is 6.54 Å². The highest BCUT2D eigenvalue weighted by Gasteiger charge is 2.05. The Balaban J connectivity index is 1.81. The molecule has 1 aromatic heterocycles. The number of carbonyl (C=O) groups is 1. The monoisotopic (exact) mass is 343 g/mol. The lowest BCUT2D eigenvalue weighted by Gasteiger charge is -2.10. The molecule has 1 atom stereocenters. The summed E-state index contributed by atoms with van der Waals surface area (Å²) < 4.78 is 18.6. The molecule has 0 aliphatic carbocycles. The van der Waals surface area contributed by atoms with Crippen molar-refractivity contribution in [2.24, 2.45) is 5.92 Å². The van der Waals surface area contributed by atoms with Crippen molar-refractivity contribution >= 4 is 12.0 Å². The first-order chi connectivity index (χ1) is 12.1. The van der Waals surface area contributed by atoms with E-state index in [1.165, 1.54) is 37.5 Å². The van der Waals surface area contributed by atoms with Crippen LogP contribution in [-0.4, -0.2) is 12.5 Å². The van der Waals surface area contributed by atoms with Crippen molar-refractivity contribution in [1.82, 2.24) is 5.32 Å². The van der Waals surface area contributed by atoms with Crippen LogP contribution in [0.3, 0.4) is 0 Å². The summed E-state index contributed by atoms with van der Waals surface area (Å²) in [5.41, 5.74) is 0.798. The molecule has 2 aromatic rings. The zero-order valence-corrected chi connectivity index (χ0v) is 14.9. The molecule has 1 aromatic carbocycles. The molecule has 1 heterocycles. The number of carbonyl (C=O) groups excluding carboxylic acids is 1. The highest BCUT2D eigenvalue weighted by Crippen LogP contribution is 2.23. The lowest BCUT2D eigenvalue weighted by atomic mass is 10.0. The van der Waals surface area contributed by atoms with Gasteiger partial charge in [0.25, 0.3) is 0 Å². The Bertz CT molecular complexity index is 688. The standard InChI is InChI=1S/C21H26FNO2/c1-3-4-5-6-16(2)15-23-21(24)14-12-19-11-13-20(25-19)17-7-9-18(22)10-8-17/h7-14,16H,3-6,15H2,1-2H3,(H,23,24)/b14-12+. The number of hydrogen-bond donors (Lipinski definition) is 1. The average molecular weight is 343 g/mol. The zero-order valence-electron chi connectivity index (χ0n) is 14.9. The smallest absolute Gasteiger partial charge is 0.244 e. The van der Waals surface area contributed by atoms with Crippen LogP contribution in [0.1, 0.15) is 45.3 Å². The van der Waals surface area contributed by atoms with Crippen LogP contribution in [0.25, 0.3) is 17.4 Å². The van der Waals surface area contributed by atoms with Gasteiger partial charge in [0, 0.05) is 18.2 Å². The van der Waals surface area contributed by atoms with Crippen molar-refractivity contribution in [3.8, 4) is 11.3 Å². The molecule has 25 heavy (non-hydrogen) atoms. The highest BCUT2D eigenvalue weighted by atomic mass is 19.1. The largest absolute Gasteiger partial charge is 0.457 e. The number of halogens is 1. The molecule has 0 aliphatic rings. The van der Waals surface area contributed by atoms with Crippen LogP contribution in [0, 0.1) is 11.7 Å². The Morgan fingerprint density at radius 3 is 2.68 bits per heavy atom. The second-order valence-electron chi connectivity index (χ2n) is 6.39. The summed E-state index contributed by atoms with van der Waals surface area (Å²) in [4.78, 5) is 11.9. The third-order valence-corrected chi connectivity index (χ3v) is 4.08. The predicted molar refractivity (Wildman–Crippen MR) is 99.5 cm³/mol. The minimum absolute atomic E-state index is 0.123. The quantitative estimate of drug-likeness (QED) is 0.487. The van der Waals surface area contributed by atoms with E-state index in [1.54, 1.807) is 30.3 Å². The zero-order chi connectivity index (χ0) is 18.1. The van der Waals surface area contributed by atoms with E-state index in [0.717, 1.165) is 12.0 Å². The van der Waals surface area contributed by atoms with Crippen LogP contribution in [0.2, 0.25) is 0 Å². The van der Waals surface area contributed by atoms with Crippen molar-refractivity contribution in [2.45, 2.75) is 39.5 Å². The Morgan fingerprint density at radius 1 is 1.20 bits per heavy atom. The van der Waals surface area contributed by atoms with Crippen molar-refractivity contribution in [3.63, 3.8) is 0 Å². The van der Waals surface area contributed by atoms with Gasteiger partial charge in [0.2, 0.25) is 5.91 Å². The van der Waals surface area contributed by atoms with Crippen LogP contribution in [-0.2, 0) is 4.79 Å². The fraction of sp³-hybridized carbons (Fsp3) is 0.381. The first-order valence-electron chi connectivity index (χ1n) is 8.90. The van der Waals surface area contributed by atoms with E-state index >= 15 is 0 Å². The maximum absolute atomic E-state index is 12.9. The number of furan rings is 1. The molecule has 1 N–H and O–H groups in total. The minimum atomic E-state index is -0.281. The second-order valence-corrected chi connectivity index (χ2v) is 6.39. The summed E-state index contributed by atoms with van der Waals surface area (Å²) in [6.45, 7) is 5.03. The van der Waals surface area contributed by atoms with Gasteiger partial charge < -0.3 is 9.73 Å². The number of amides is 1. The fourth-order valence-electron chi connectivity index (χ4n) is 2.55. The maximum atomic E-state index is 12.9. The van der Waals surface area contributed by atoms with Gasteiger partial charge in [-0.1, -0.05) is 33.1 Å². The van der Waals surface area contributed by atoms with Gasteiger partial charge in [0.1, 0.15) is 17.3 Å². The molecule has 0 fully saturated rings. The summed E-state index contributed by atoms with van der Waals surface area (Å²) in [7, 11) is 0. The molecule has 0 aliphatic heterocycles. The van der Waals surface area contributed by atoms with E-state index in [-0.39, 0.29) is 11.7 Å². The van der Waals surface area contributed by atoms with Crippen LogP contribution < -0.4 is 5.32 Å². The van der Waals surface area contributed by atoms with Gasteiger partial charge in [-0.05, 0) is 54.8 Å². The van der Waals surface area contributed by atoms with Crippen LogP contribution in [0.4, 0.5) is 4.39 Å². The van der Waals surface area contributed by atoms with Crippen LogP contribution in [0.5, 0.6) is 0 Å². The Labute approximate surface area is 148 Å². The summed E-state index contributed by atoms with van der Waals surface area (Å²) in [5, 5.41) is 2.92. The van der Waals surface area contributed by atoms with Gasteiger partial charge in [-0.2, -0.15) is 0 Å². The summed E-state index contributed by atoms with van der Waals surface area (Å²) >= 11 is 0.